The Bertz CT molecular complexity index is 1330. The fourth-order valence-electron chi connectivity index (χ4n) is 4.61. The lowest BCUT2D eigenvalue weighted by Gasteiger charge is -2.37. The summed E-state index contributed by atoms with van der Waals surface area (Å²) in [4.78, 5) is 25.9. The van der Waals surface area contributed by atoms with E-state index in [9.17, 15) is 4.79 Å². The molecule has 3 aromatic rings. The highest BCUT2D eigenvalue weighted by atomic mass is 31.2. The van der Waals surface area contributed by atoms with Crippen LogP contribution in [0.25, 0.3) is 11.2 Å². The van der Waals surface area contributed by atoms with Gasteiger partial charge in [-0.1, -0.05) is 18.2 Å². The van der Waals surface area contributed by atoms with Crippen LogP contribution in [0.4, 0.5) is 5.82 Å². The van der Waals surface area contributed by atoms with Gasteiger partial charge in [0.1, 0.15) is 18.5 Å². The number of rotatable bonds is 12. The van der Waals surface area contributed by atoms with E-state index >= 15 is 0 Å². The number of aromatic nitrogens is 4. The zero-order valence-corrected chi connectivity index (χ0v) is 24.2. The van der Waals surface area contributed by atoms with Crippen LogP contribution in [0.15, 0.2) is 43.0 Å². The Labute approximate surface area is 237 Å². The number of hydrogen-bond donors (Lipinski definition) is 1. The highest BCUT2D eigenvalue weighted by Crippen LogP contribution is 2.50. The number of benzene rings is 1. The molecule has 40 heavy (non-hydrogen) atoms. The van der Waals surface area contributed by atoms with Gasteiger partial charge < -0.3 is 23.8 Å². The molecule has 5 atom stereocenters. The maximum Gasteiger partial charge on any atom is 0.259 e. The van der Waals surface area contributed by atoms with Crippen molar-refractivity contribution in [2.75, 3.05) is 19.0 Å². The second-order valence-electron chi connectivity index (χ2n) is 9.75. The minimum atomic E-state index is -1.60. The van der Waals surface area contributed by atoms with Crippen LogP contribution < -0.4 is 5.32 Å². The lowest BCUT2D eigenvalue weighted by molar-refractivity contribution is -0.0466. The quantitative estimate of drug-likeness (QED) is 0.242. The van der Waals surface area contributed by atoms with Gasteiger partial charge in [-0.2, -0.15) is 5.26 Å². The van der Waals surface area contributed by atoms with Crippen molar-refractivity contribution >= 4 is 31.4 Å². The molecular weight excluding hydrogens is 533 g/mol. The smallest absolute Gasteiger partial charge is 0.259 e. The Morgan fingerprint density at radius 3 is 2.62 bits per heavy atom. The number of amides is 1. The molecule has 0 bridgehead atoms. The zero-order valence-electron chi connectivity index (χ0n) is 24.3. The number of nitrogens with one attached hydrogen (secondary N) is 1. The van der Waals surface area contributed by atoms with Crippen molar-refractivity contribution in [3.8, 4) is 6.07 Å². The van der Waals surface area contributed by atoms with Gasteiger partial charge >= 0.3 is 0 Å². The van der Waals surface area contributed by atoms with E-state index in [1.807, 2.05) is 6.07 Å². The molecule has 4 rings (SSSR count). The molecule has 1 unspecified atom stereocenters. The average molecular weight is 571 g/mol. The normalized spacial score (nSPS) is 22.1. The first-order valence-corrected chi connectivity index (χ1v) is 14.2. The van der Waals surface area contributed by atoms with Gasteiger partial charge in [0.25, 0.3) is 14.4 Å². The highest BCUT2D eigenvalue weighted by Gasteiger charge is 2.48. The van der Waals surface area contributed by atoms with Crippen LogP contribution in [0, 0.1) is 11.3 Å². The van der Waals surface area contributed by atoms with Crippen LogP contribution in [0.5, 0.6) is 0 Å². The number of ether oxygens (including phenoxy) is 2. The number of nitrogens with zero attached hydrogens (tertiary/aromatic N) is 6. The second-order valence-corrected chi connectivity index (χ2v) is 11.2. The van der Waals surface area contributed by atoms with Crippen LogP contribution in [0.2, 0.25) is 0 Å². The van der Waals surface area contributed by atoms with Crippen LogP contribution in [-0.4, -0.2) is 74.2 Å². The molecule has 0 radical (unpaired) electrons. The first-order valence-electron chi connectivity index (χ1n) is 13.8. The lowest BCUT2D eigenvalue weighted by atomic mass is 10.1. The van der Waals surface area contributed by atoms with Gasteiger partial charge in [0.05, 0.1) is 31.5 Å². The third-order valence-electron chi connectivity index (χ3n) is 6.33. The topological polar surface area (TPSA) is 137 Å². The number of carbonyl (C=O) groups excluding carboxylic acids is 1. The summed E-state index contributed by atoms with van der Waals surface area (Å²) in [5, 5.41) is 11.9. The Morgan fingerprint density at radius 1 is 1.23 bits per heavy atom. The van der Waals surface area contributed by atoms with Crippen LogP contribution in [0.1, 0.15) is 59.0 Å². The van der Waals surface area contributed by atoms with Crippen molar-refractivity contribution in [2.45, 2.75) is 77.6 Å². The van der Waals surface area contributed by atoms with Gasteiger partial charge in [-0.05, 0) is 46.7 Å². The van der Waals surface area contributed by atoms with Gasteiger partial charge in [0, 0.05) is 26.1 Å². The van der Waals surface area contributed by atoms with Crippen molar-refractivity contribution < 1.29 is 24.7 Å². The molecule has 1 amide bonds. The Morgan fingerprint density at radius 2 is 1.98 bits per heavy atom. The number of fused-ring (bicyclic) bond motifs is 1. The Kier molecular flexibility index (Phi) is 9.65. The van der Waals surface area contributed by atoms with E-state index in [2.05, 4.69) is 58.7 Å². The van der Waals surface area contributed by atoms with Gasteiger partial charge in [-0.15, -0.1) is 0 Å². The number of imidazole rings is 1. The predicted octanol–water partition coefficient (Wildman–Crippen LogP) is 4.67. The molecule has 1 aliphatic rings. The molecule has 3 heterocycles. The van der Waals surface area contributed by atoms with Crippen molar-refractivity contribution in [1.82, 2.24) is 24.2 Å². The molecule has 214 valence electrons. The largest absolute Gasteiger partial charge is 0.374 e. The minimum Gasteiger partial charge on any atom is -0.374 e. The standard InChI is InChI=1S/C27H36N7O5P/c1-17(2)34(18(3)4)40(37-14-10-13-28)39-22-19(5)38-27(23(22)36-6)33-16-31-21-24(29-15-30-25(21)33)32-26(35)20-11-8-7-9-12-20/h7-9,11-12,15-19,22-23,27H,10,14H2,1-6H3,(H,29,30,32,35)/t19-,22-,23-,27-,40?/m1/s1/i5D. The summed E-state index contributed by atoms with van der Waals surface area (Å²) in [6.45, 7) is 8.37. The molecule has 13 heteroatoms. The number of hydrogen-bond acceptors (Lipinski definition) is 10. The molecule has 1 N–H and O–H groups in total. The predicted molar refractivity (Wildman–Crippen MR) is 150 cm³/mol. The lowest BCUT2D eigenvalue weighted by Crippen LogP contribution is -2.39. The van der Waals surface area contributed by atoms with Gasteiger partial charge in [-0.25, -0.2) is 19.6 Å². The average Bonchev–Trinajstić information content (AvgIpc) is 3.54. The molecule has 12 nitrogen and oxygen atoms in total. The summed E-state index contributed by atoms with van der Waals surface area (Å²) in [7, 11) is -0.0375. The molecule has 2 aromatic heterocycles. The number of nitriles is 1. The maximum absolute atomic E-state index is 12.8. The SMILES string of the molecule is [2H]C[C@H]1O[C@@H](n2cnc3c(NC(=O)c4ccccc4)ncnc32)[C@H](OC)[C@@H]1OP(OCCC#N)N(C(C)C)C(C)C. The van der Waals surface area contributed by atoms with Crippen molar-refractivity contribution in [3.05, 3.63) is 48.5 Å². The third kappa shape index (κ3) is 6.47. The van der Waals surface area contributed by atoms with Crippen molar-refractivity contribution in [3.63, 3.8) is 0 Å². The van der Waals surface area contributed by atoms with E-state index in [-0.39, 0.29) is 43.7 Å². The van der Waals surface area contributed by atoms with E-state index in [0.717, 1.165) is 0 Å². The monoisotopic (exact) mass is 570 g/mol. The van der Waals surface area contributed by atoms with E-state index in [1.54, 1.807) is 42.3 Å². The summed E-state index contributed by atoms with van der Waals surface area (Å²) < 4.78 is 36.9. The molecule has 0 saturated carbocycles. The van der Waals surface area contributed by atoms with Crippen LogP contribution in [-0.2, 0) is 18.5 Å². The summed E-state index contributed by atoms with van der Waals surface area (Å²) in [6, 6.07) is 11.1. The summed E-state index contributed by atoms with van der Waals surface area (Å²) in [6.07, 6.45) is 0.498. The molecule has 1 aliphatic heterocycles. The fourth-order valence-corrected chi connectivity index (χ4v) is 6.38. The summed E-state index contributed by atoms with van der Waals surface area (Å²) in [5.41, 5.74) is 1.30. The minimum absolute atomic E-state index is 0.0776. The van der Waals surface area contributed by atoms with Gasteiger partial charge in [-0.3, -0.25) is 9.36 Å². The Balaban J connectivity index is 1.62. The molecule has 0 spiro atoms. The fraction of sp³-hybridized carbons (Fsp3) is 0.519. The maximum atomic E-state index is 12.8. The summed E-state index contributed by atoms with van der Waals surface area (Å²) >= 11 is 0. The van der Waals surface area contributed by atoms with Gasteiger partial charge in [0.2, 0.25) is 0 Å². The first-order chi connectivity index (χ1) is 19.8. The van der Waals surface area contributed by atoms with Crippen molar-refractivity contribution in [2.24, 2.45) is 0 Å². The van der Waals surface area contributed by atoms with E-state index < -0.39 is 33.1 Å². The number of anilines is 1. The first kappa shape index (κ1) is 28.5. The molecule has 1 fully saturated rings. The van der Waals surface area contributed by atoms with Gasteiger partial charge in [0.15, 0.2) is 23.2 Å². The van der Waals surface area contributed by atoms with Crippen LogP contribution in [0.3, 0.4) is 0 Å². The number of methoxy groups -OCH3 is 1. The highest BCUT2D eigenvalue weighted by molar-refractivity contribution is 7.44. The molecular formula is C27H36N7O5P. The van der Waals surface area contributed by atoms with E-state index in [4.69, 9.17) is 25.2 Å². The van der Waals surface area contributed by atoms with E-state index in [0.29, 0.717) is 16.7 Å². The second kappa shape index (κ2) is 13.5. The summed E-state index contributed by atoms with van der Waals surface area (Å²) in [5.74, 6) is -0.0577. The number of carbonyl (C=O) groups is 1. The van der Waals surface area contributed by atoms with E-state index in [1.165, 1.54) is 6.33 Å². The Hall–Kier alpha value is -3.04. The molecule has 1 saturated heterocycles. The third-order valence-corrected chi connectivity index (χ3v) is 8.46. The molecule has 0 aliphatic carbocycles. The molecule has 1 aromatic carbocycles. The zero-order chi connectivity index (χ0) is 29.5. The van der Waals surface area contributed by atoms with Crippen molar-refractivity contribution in [1.29, 1.82) is 5.26 Å². The van der Waals surface area contributed by atoms with Crippen LogP contribution >= 0.6 is 8.53 Å².